The van der Waals surface area contributed by atoms with Crippen LogP contribution < -0.4 is 0 Å². The maximum atomic E-state index is 11.5. The molecule has 2 fully saturated rings. The van der Waals surface area contributed by atoms with Crippen LogP contribution in [0.15, 0.2) is 0 Å². The zero-order chi connectivity index (χ0) is 39.8. The van der Waals surface area contributed by atoms with Gasteiger partial charge in [0.05, 0.1) is 13.2 Å². The molecular weight excluding hydrogens is 769 g/mol. The van der Waals surface area contributed by atoms with Crippen molar-refractivity contribution in [3.63, 3.8) is 0 Å². The Morgan fingerprint density at radius 3 is 1.06 bits per heavy atom. The maximum Gasteiger partial charge on any atom is 0.186 e. The van der Waals surface area contributed by atoms with E-state index in [1.807, 2.05) is 0 Å². The standard InChI is InChI=1S/C33H78O11Si7/c1-45(2,3)35-22-24-26(28(41-48(10,11)12)30(32(34)37-24)43-50(16,17)18)39-33-31(44-51(19,20)21)29(42-49(13,14)15)27(40-47(7,8)9)25(38-33)23-36-46(4,5)6/h24-34H,22-23H2,1-21H3/t24-,25-,26?,27-,28+,29+,30-,31-,32+,33-/m1/s1. The second kappa shape index (κ2) is 17.7. The Balaban J connectivity index is 2.83. The summed E-state index contributed by atoms with van der Waals surface area (Å²) in [6.45, 7) is 45.9. The first-order valence-electron chi connectivity index (χ1n) is 18.8. The van der Waals surface area contributed by atoms with Crippen molar-refractivity contribution in [3.8, 4) is 0 Å². The van der Waals surface area contributed by atoms with Crippen LogP contribution in [0.3, 0.4) is 0 Å². The van der Waals surface area contributed by atoms with Crippen LogP contribution in [0.4, 0.5) is 0 Å². The first-order valence-corrected chi connectivity index (χ1v) is 42.7. The molecule has 0 spiro atoms. The van der Waals surface area contributed by atoms with Crippen LogP contribution in [-0.2, 0) is 45.2 Å². The third-order valence-electron chi connectivity index (χ3n) is 7.30. The smallest absolute Gasteiger partial charge is 0.186 e. The van der Waals surface area contributed by atoms with E-state index in [0.29, 0.717) is 6.61 Å². The van der Waals surface area contributed by atoms with Crippen molar-refractivity contribution in [2.24, 2.45) is 0 Å². The van der Waals surface area contributed by atoms with Gasteiger partial charge in [0.2, 0.25) is 0 Å². The van der Waals surface area contributed by atoms with Crippen molar-refractivity contribution in [1.29, 1.82) is 0 Å². The monoisotopic (exact) mass is 846 g/mol. The van der Waals surface area contributed by atoms with Crippen molar-refractivity contribution in [1.82, 2.24) is 0 Å². The largest absolute Gasteiger partial charge is 0.415 e. The number of hydrogen-bond donors (Lipinski definition) is 1. The zero-order valence-electron chi connectivity index (χ0n) is 36.2. The van der Waals surface area contributed by atoms with Gasteiger partial charge in [-0.15, -0.1) is 0 Å². The van der Waals surface area contributed by atoms with Gasteiger partial charge in [0, 0.05) is 0 Å². The van der Waals surface area contributed by atoms with Crippen molar-refractivity contribution < 1.29 is 50.3 Å². The van der Waals surface area contributed by atoms with Crippen LogP contribution in [0.25, 0.3) is 0 Å². The minimum atomic E-state index is -2.23. The molecule has 0 radical (unpaired) electrons. The molecule has 0 amide bonds. The number of aliphatic hydroxyl groups excluding tert-OH is 1. The lowest BCUT2D eigenvalue weighted by molar-refractivity contribution is -0.346. The number of hydrogen-bond acceptors (Lipinski definition) is 11. The van der Waals surface area contributed by atoms with E-state index < -0.39 is 120 Å². The molecule has 0 aromatic heterocycles. The first-order chi connectivity index (χ1) is 22.5. The molecular formula is C33H78O11Si7. The zero-order valence-corrected chi connectivity index (χ0v) is 43.2. The predicted octanol–water partition coefficient (Wildman–Crippen LogP) is 7.62. The van der Waals surface area contributed by atoms with Crippen LogP contribution in [0.1, 0.15) is 0 Å². The average molecular weight is 848 g/mol. The summed E-state index contributed by atoms with van der Waals surface area (Å²) in [4.78, 5) is 0. The van der Waals surface area contributed by atoms with Gasteiger partial charge >= 0.3 is 0 Å². The summed E-state index contributed by atoms with van der Waals surface area (Å²) in [5, 5.41) is 11.5. The van der Waals surface area contributed by atoms with Crippen molar-refractivity contribution in [3.05, 3.63) is 0 Å². The first kappa shape index (κ1) is 48.2. The molecule has 2 aliphatic heterocycles. The number of ether oxygens (including phenoxy) is 3. The van der Waals surface area contributed by atoms with E-state index in [-0.39, 0.29) is 6.61 Å². The quantitative estimate of drug-likeness (QED) is 0.138. The Hall–Kier alpha value is 1.08. The van der Waals surface area contributed by atoms with Gasteiger partial charge in [0.15, 0.2) is 70.8 Å². The molecule has 0 bridgehead atoms. The molecule has 2 aliphatic rings. The molecule has 2 saturated heterocycles. The topological polar surface area (TPSA) is 113 Å². The van der Waals surface area contributed by atoms with Crippen molar-refractivity contribution in [2.75, 3.05) is 13.2 Å². The van der Waals surface area contributed by atoms with E-state index in [9.17, 15) is 5.11 Å². The van der Waals surface area contributed by atoms with Gasteiger partial charge in [-0.3, -0.25) is 0 Å². The Labute approximate surface area is 319 Å². The highest BCUT2D eigenvalue weighted by molar-refractivity contribution is 6.72. The highest BCUT2D eigenvalue weighted by Gasteiger charge is 2.56. The van der Waals surface area contributed by atoms with Gasteiger partial charge in [0.25, 0.3) is 0 Å². The fourth-order valence-corrected chi connectivity index (χ4v) is 12.6. The molecule has 1 N–H and O–H groups in total. The Morgan fingerprint density at radius 1 is 0.373 bits per heavy atom. The second-order valence-corrected chi connectivity index (χ2v) is 52.4. The van der Waals surface area contributed by atoms with Gasteiger partial charge in [-0.05, 0) is 137 Å². The van der Waals surface area contributed by atoms with Gasteiger partial charge in [-0.25, -0.2) is 0 Å². The molecule has 1 unspecified atom stereocenters. The fraction of sp³-hybridized carbons (Fsp3) is 1.00. The Morgan fingerprint density at radius 2 is 0.686 bits per heavy atom. The SMILES string of the molecule is C[Si](C)(C)OC[C@H]1O[C@H](O)[C@H](O[Si](C)(C)C)[C@@H](O[Si](C)(C)C)C1O[C@H]1O[C@H](CO[Si](C)(C)C)[C@@H](O[Si](C)(C)C)[C@H](O[Si](C)(C)C)[C@H]1O[Si](C)(C)C. The lowest BCUT2D eigenvalue weighted by atomic mass is 9.97. The molecule has 0 saturated carbocycles. The average Bonchev–Trinajstić information content (AvgIpc) is 2.84. The van der Waals surface area contributed by atoms with Gasteiger partial charge < -0.3 is 50.3 Å². The minimum Gasteiger partial charge on any atom is -0.415 e. The van der Waals surface area contributed by atoms with Crippen LogP contribution in [0.5, 0.6) is 0 Å². The molecule has 0 aromatic carbocycles. The molecule has 2 heterocycles. The van der Waals surface area contributed by atoms with Crippen LogP contribution in [0.2, 0.25) is 137 Å². The predicted molar refractivity (Wildman–Crippen MR) is 224 cm³/mol. The number of aliphatic hydroxyl groups is 1. The van der Waals surface area contributed by atoms with Crippen molar-refractivity contribution >= 4 is 58.2 Å². The summed E-state index contributed by atoms with van der Waals surface area (Å²) in [5.74, 6) is 0. The third-order valence-corrected chi connectivity index (χ3v) is 14.3. The summed E-state index contributed by atoms with van der Waals surface area (Å²) in [5.41, 5.74) is 0. The number of rotatable bonds is 18. The van der Waals surface area contributed by atoms with E-state index in [1.54, 1.807) is 0 Å². The molecule has 0 aromatic rings. The third kappa shape index (κ3) is 18.3. The highest BCUT2D eigenvalue weighted by Crippen LogP contribution is 2.38. The molecule has 2 rings (SSSR count). The maximum absolute atomic E-state index is 11.5. The fourth-order valence-electron chi connectivity index (χ4n) is 5.84. The van der Waals surface area contributed by atoms with E-state index in [0.717, 1.165) is 0 Å². The molecule has 18 heteroatoms. The van der Waals surface area contributed by atoms with Crippen LogP contribution >= 0.6 is 0 Å². The lowest BCUT2D eigenvalue weighted by Crippen LogP contribution is -2.69. The van der Waals surface area contributed by atoms with Gasteiger partial charge in [-0.2, -0.15) is 0 Å². The van der Waals surface area contributed by atoms with Gasteiger partial charge in [0.1, 0.15) is 48.8 Å². The van der Waals surface area contributed by atoms with Crippen LogP contribution in [-0.4, -0.2) is 138 Å². The van der Waals surface area contributed by atoms with Gasteiger partial charge in [-0.1, -0.05) is 0 Å². The van der Waals surface area contributed by atoms with E-state index >= 15 is 0 Å². The molecule has 11 nitrogen and oxygen atoms in total. The van der Waals surface area contributed by atoms with E-state index in [2.05, 4.69) is 137 Å². The summed E-state index contributed by atoms with van der Waals surface area (Å²) in [6, 6.07) is 0. The summed E-state index contributed by atoms with van der Waals surface area (Å²) in [6.07, 6.45) is -6.86. The summed E-state index contributed by atoms with van der Waals surface area (Å²) < 4.78 is 68.5. The second-order valence-electron chi connectivity index (χ2n) is 21.0. The molecule has 10 atom stereocenters. The highest BCUT2D eigenvalue weighted by atomic mass is 28.4. The van der Waals surface area contributed by atoms with E-state index in [1.165, 1.54) is 0 Å². The lowest BCUT2D eigenvalue weighted by Gasteiger charge is -2.53. The molecule has 0 aliphatic carbocycles. The van der Waals surface area contributed by atoms with Crippen LogP contribution in [0, 0.1) is 0 Å². The normalized spacial score (nSPS) is 32.4. The minimum absolute atomic E-state index is 0.229. The van der Waals surface area contributed by atoms with E-state index in [4.69, 9.17) is 45.2 Å². The Bertz CT molecular complexity index is 1070. The molecule has 51 heavy (non-hydrogen) atoms. The Kier molecular flexibility index (Phi) is 16.7. The molecule has 304 valence electrons. The van der Waals surface area contributed by atoms with Crippen molar-refractivity contribution in [2.45, 2.75) is 199 Å². The summed E-state index contributed by atoms with van der Waals surface area (Å²) >= 11 is 0. The summed E-state index contributed by atoms with van der Waals surface area (Å²) in [7, 11) is -14.9.